The van der Waals surface area contributed by atoms with E-state index in [1.54, 1.807) is 24.1 Å². The normalized spacial score (nSPS) is 19.7. The highest BCUT2D eigenvalue weighted by Crippen LogP contribution is 2.34. The first-order valence-corrected chi connectivity index (χ1v) is 14.3. The van der Waals surface area contributed by atoms with Crippen LogP contribution in [0.5, 0.6) is 5.75 Å². The Kier molecular flexibility index (Phi) is 9.25. The molecule has 0 radical (unpaired) electrons. The van der Waals surface area contributed by atoms with Crippen LogP contribution in [0.1, 0.15) is 49.3 Å². The van der Waals surface area contributed by atoms with E-state index in [2.05, 4.69) is 4.90 Å². The van der Waals surface area contributed by atoms with Gasteiger partial charge in [0.2, 0.25) is 5.91 Å². The SMILES string of the molecule is COc1ccc([C@@H]2CC(c3ccc([N+](=O)[O-])cc3)=NN2C(=O)CN(CCN2CCOCC2)C(=O)C2CCCC2)cc1. The average molecular weight is 564 g/mol. The highest BCUT2D eigenvalue weighted by molar-refractivity contribution is 6.03. The molecule has 0 N–H and O–H groups in total. The van der Waals surface area contributed by atoms with Crippen LogP contribution in [-0.4, -0.2) is 90.3 Å². The monoisotopic (exact) mass is 563 g/mol. The van der Waals surface area contributed by atoms with Gasteiger partial charge in [0, 0.05) is 50.7 Å². The Bertz CT molecular complexity index is 1250. The Morgan fingerprint density at radius 2 is 1.76 bits per heavy atom. The molecule has 1 saturated heterocycles. The summed E-state index contributed by atoms with van der Waals surface area (Å²) in [5.41, 5.74) is 2.27. The quantitative estimate of drug-likeness (QED) is 0.320. The first-order valence-electron chi connectivity index (χ1n) is 14.3. The van der Waals surface area contributed by atoms with Crippen molar-refractivity contribution >= 4 is 23.2 Å². The van der Waals surface area contributed by atoms with Crippen LogP contribution in [0.25, 0.3) is 0 Å². The van der Waals surface area contributed by atoms with E-state index in [9.17, 15) is 19.7 Å². The Hall–Kier alpha value is -3.83. The fourth-order valence-corrected chi connectivity index (χ4v) is 5.80. The fourth-order valence-electron chi connectivity index (χ4n) is 5.80. The summed E-state index contributed by atoms with van der Waals surface area (Å²) in [6, 6.07) is 13.4. The van der Waals surface area contributed by atoms with Gasteiger partial charge in [-0.1, -0.05) is 25.0 Å². The van der Waals surface area contributed by atoms with E-state index in [4.69, 9.17) is 14.6 Å². The van der Waals surface area contributed by atoms with Gasteiger partial charge < -0.3 is 14.4 Å². The van der Waals surface area contributed by atoms with Crippen molar-refractivity contribution in [2.45, 2.75) is 38.1 Å². The van der Waals surface area contributed by atoms with E-state index in [0.717, 1.165) is 49.9 Å². The summed E-state index contributed by atoms with van der Waals surface area (Å²) < 4.78 is 10.8. The highest BCUT2D eigenvalue weighted by atomic mass is 16.6. The van der Waals surface area contributed by atoms with E-state index in [0.29, 0.717) is 44.2 Å². The number of carbonyl (C=O) groups excluding carboxylic acids is 2. The third-order valence-electron chi connectivity index (χ3n) is 8.21. The predicted octanol–water partition coefficient (Wildman–Crippen LogP) is 3.63. The third kappa shape index (κ3) is 6.91. The Labute approximate surface area is 239 Å². The number of hydrazone groups is 1. The van der Waals surface area contributed by atoms with Gasteiger partial charge in [-0.25, -0.2) is 5.01 Å². The molecule has 1 aliphatic carbocycles. The molecule has 0 spiro atoms. The molecule has 11 heteroatoms. The zero-order valence-corrected chi connectivity index (χ0v) is 23.4. The molecule has 0 unspecified atom stereocenters. The van der Waals surface area contributed by atoms with Crippen molar-refractivity contribution in [2.75, 3.05) is 53.0 Å². The molecular formula is C30H37N5O6. The molecule has 0 bridgehead atoms. The van der Waals surface area contributed by atoms with Crippen LogP contribution in [-0.2, 0) is 14.3 Å². The maximum Gasteiger partial charge on any atom is 0.269 e. The number of nitro groups is 1. The summed E-state index contributed by atoms with van der Waals surface area (Å²) in [4.78, 5) is 42.2. The molecule has 2 aliphatic heterocycles. The van der Waals surface area contributed by atoms with Crippen molar-refractivity contribution in [1.29, 1.82) is 0 Å². The molecule has 0 aromatic heterocycles. The number of rotatable bonds is 10. The summed E-state index contributed by atoms with van der Waals surface area (Å²) in [7, 11) is 1.60. The van der Waals surface area contributed by atoms with Crippen molar-refractivity contribution in [2.24, 2.45) is 11.0 Å². The van der Waals surface area contributed by atoms with Gasteiger partial charge in [0.1, 0.15) is 12.3 Å². The van der Waals surface area contributed by atoms with Crippen molar-refractivity contribution in [3.05, 3.63) is 69.8 Å². The lowest BCUT2D eigenvalue weighted by Gasteiger charge is -2.32. The van der Waals surface area contributed by atoms with Crippen LogP contribution < -0.4 is 4.74 Å². The van der Waals surface area contributed by atoms with Gasteiger partial charge >= 0.3 is 0 Å². The number of carbonyl (C=O) groups is 2. The first kappa shape index (κ1) is 28.7. The van der Waals surface area contributed by atoms with Crippen molar-refractivity contribution in [3.8, 4) is 5.75 Å². The third-order valence-corrected chi connectivity index (χ3v) is 8.21. The van der Waals surface area contributed by atoms with Crippen molar-refractivity contribution in [3.63, 3.8) is 0 Å². The predicted molar refractivity (Wildman–Crippen MR) is 153 cm³/mol. The minimum Gasteiger partial charge on any atom is -0.497 e. The number of morpholine rings is 1. The van der Waals surface area contributed by atoms with Gasteiger partial charge in [0.05, 0.1) is 37.0 Å². The molecule has 1 saturated carbocycles. The maximum absolute atomic E-state index is 13.9. The molecule has 218 valence electrons. The molecule has 2 aromatic rings. The minimum absolute atomic E-state index is 0.00619. The molecule has 2 heterocycles. The van der Waals surface area contributed by atoms with E-state index in [1.807, 2.05) is 24.3 Å². The Morgan fingerprint density at radius 3 is 2.39 bits per heavy atom. The van der Waals surface area contributed by atoms with Crippen LogP contribution in [0.2, 0.25) is 0 Å². The summed E-state index contributed by atoms with van der Waals surface area (Å²) in [6.45, 7) is 4.08. The number of methoxy groups -OCH3 is 1. The summed E-state index contributed by atoms with van der Waals surface area (Å²) in [5.74, 6) is 0.458. The second-order valence-corrected chi connectivity index (χ2v) is 10.8. The van der Waals surface area contributed by atoms with Crippen molar-refractivity contribution < 1.29 is 24.0 Å². The van der Waals surface area contributed by atoms with Crippen LogP contribution in [0.3, 0.4) is 0 Å². The van der Waals surface area contributed by atoms with Crippen LogP contribution in [0.15, 0.2) is 53.6 Å². The van der Waals surface area contributed by atoms with Gasteiger partial charge in [0.25, 0.3) is 11.6 Å². The molecule has 41 heavy (non-hydrogen) atoms. The molecule has 5 rings (SSSR count). The zero-order valence-electron chi connectivity index (χ0n) is 23.4. The minimum atomic E-state index is -0.441. The molecule has 11 nitrogen and oxygen atoms in total. The van der Waals surface area contributed by atoms with Gasteiger partial charge in [-0.2, -0.15) is 5.10 Å². The standard InChI is InChI=1S/C30H37N5O6/c1-40-26-12-8-23(9-13-26)28-20-27(22-6-10-25(11-7-22)35(38)39)31-34(28)29(36)21-33(30(37)24-4-2-3-5-24)15-14-32-16-18-41-19-17-32/h6-13,24,28H,2-5,14-21H2,1H3/t28-/m0/s1. The molecule has 1 atom stereocenters. The lowest BCUT2D eigenvalue weighted by Crippen LogP contribution is -2.47. The fraction of sp³-hybridized carbons (Fsp3) is 0.500. The van der Waals surface area contributed by atoms with Crippen molar-refractivity contribution in [1.82, 2.24) is 14.8 Å². The zero-order chi connectivity index (χ0) is 28.8. The summed E-state index contributed by atoms with van der Waals surface area (Å²) in [6.07, 6.45) is 4.25. The number of nitro benzene ring substituents is 1. The van der Waals surface area contributed by atoms with Gasteiger partial charge in [0.15, 0.2) is 0 Å². The van der Waals surface area contributed by atoms with E-state index in [1.165, 1.54) is 17.1 Å². The van der Waals surface area contributed by atoms with Crippen LogP contribution in [0, 0.1) is 16.0 Å². The molecule has 2 fully saturated rings. The molecule has 2 aromatic carbocycles. The largest absolute Gasteiger partial charge is 0.497 e. The lowest BCUT2D eigenvalue weighted by atomic mass is 9.98. The van der Waals surface area contributed by atoms with Crippen LogP contribution >= 0.6 is 0 Å². The Morgan fingerprint density at radius 1 is 1.07 bits per heavy atom. The van der Waals surface area contributed by atoms with E-state index in [-0.39, 0.29) is 36.0 Å². The number of nitrogens with zero attached hydrogens (tertiary/aromatic N) is 5. The second kappa shape index (κ2) is 13.2. The highest BCUT2D eigenvalue weighted by Gasteiger charge is 2.36. The van der Waals surface area contributed by atoms with Gasteiger partial charge in [-0.05, 0) is 48.2 Å². The number of non-ortho nitro benzene ring substituents is 1. The topological polar surface area (TPSA) is 118 Å². The number of hydrogen-bond acceptors (Lipinski definition) is 8. The number of ether oxygens (including phenoxy) is 2. The van der Waals surface area contributed by atoms with E-state index >= 15 is 0 Å². The average Bonchev–Trinajstić information content (AvgIpc) is 3.71. The second-order valence-electron chi connectivity index (χ2n) is 10.8. The van der Waals surface area contributed by atoms with Gasteiger partial charge in [-0.15, -0.1) is 0 Å². The summed E-state index contributed by atoms with van der Waals surface area (Å²) >= 11 is 0. The Balaban J connectivity index is 1.38. The van der Waals surface area contributed by atoms with Crippen LogP contribution in [0.4, 0.5) is 5.69 Å². The number of benzene rings is 2. The molecule has 3 aliphatic rings. The maximum atomic E-state index is 13.9. The summed E-state index contributed by atoms with van der Waals surface area (Å²) in [5, 5.41) is 17.4. The van der Waals surface area contributed by atoms with Gasteiger partial charge in [-0.3, -0.25) is 24.6 Å². The molecular weight excluding hydrogens is 526 g/mol. The lowest BCUT2D eigenvalue weighted by molar-refractivity contribution is -0.384. The smallest absolute Gasteiger partial charge is 0.269 e. The number of hydrogen-bond donors (Lipinski definition) is 0. The van der Waals surface area contributed by atoms with E-state index < -0.39 is 4.92 Å². The molecule has 2 amide bonds. The first-order chi connectivity index (χ1) is 19.9. The number of amides is 2.